The maximum atomic E-state index is 5.87. The second-order valence-electron chi connectivity index (χ2n) is 5.56. The zero-order chi connectivity index (χ0) is 11.2. The molecule has 2 N–H and O–H groups in total. The first-order chi connectivity index (χ1) is 7.73. The fourth-order valence-corrected chi connectivity index (χ4v) is 3.17. The van der Waals surface area contributed by atoms with Gasteiger partial charge in [-0.05, 0) is 42.3 Å². The van der Waals surface area contributed by atoms with Crippen LogP contribution in [0, 0.1) is 18.3 Å². The van der Waals surface area contributed by atoms with Gasteiger partial charge >= 0.3 is 0 Å². The molecule has 1 aliphatic heterocycles. The van der Waals surface area contributed by atoms with Crippen molar-refractivity contribution in [2.24, 2.45) is 17.1 Å². The van der Waals surface area contributed by atoms with Crippen molar-refractivity contribution in [3.05, 3.63) is 35.4 Å². The molecule has 2 nitrogen and oxygen atoms in total. The molecule has 2 atom stereocenters. The minimum absolute atomic E-state index is 0.503. The lowest BCUT2D eigenvalue weighted by Crippen LogP contribution is -2.28. The molecule has 16 heavy (non-hydrogen) atoms. The summed E-state index contributed by atoms with van der Waals surface area (Å²) in [4.78, 5) is 2.57. The second-order valence-corrected chi connectivity index (χ2v) is 5.56. The van der Waals surface area contributed by atoms with Crippen LogP contribution >= 0.6 is 0 Å². The van der Waals surface area contributed by atoms with E-state index in [4.69, 9.17) is 5.73 Å². The Balaban J connectivity index is 1.67. The zero-order valence-corrected chi connectivity index (χ0v) is 9.95. The maximum Gasteiger partial charge on any atom is 0.0236 e. The molecule has 1 saturated carbocycles. The van der Waals surface area contributed by atoms with E-state index < -0.39 is 0 Å². The van der Waals surface area contributed by atoms with Gasteiger partial charge in [0.15, 0.2) is 0 Å². The molecule has 1 aromatic rings. The first-order valence-corrected chi connectivity index (χ1v) is 6.20. The Morgan fingerprint density at radius 2 is 2.25 bits per heavy atom. The van der Waals surface area contributed by atoms with Crippen molar-refractivity contribution in [2.75, 3.05) is 19.6 Å². The number of hydrogen-bond donors (Lipinski definition) is 1. The lowest BCUT2D eigenvalue weighted by Gasteiger charge is -2.21. The van der Waals surface area contributed by atoms with Crippen LogP contribution in [0.5, 0.6) is 0 Å². The van der Waals surface area contributed by atoms with Crippen molar-refractivity contribution < 1.29 is 0 Å². The zero-order valence-electron chi connectivity index (χ0n) is 9.95. The van der Waals surface area contributed by atoms with E-state index in [0.717, 1.165) is 19.0 Å². The normalized spacial score (nSPS) is 32.8. The van der Waals surface area contributed by atoms with Crippen LogP contribution in [0.1, 0.15) is 17.5 Å². The highest BCUT2D eigenvalue weighted by molar-refractivity contribution is 5.26. The van der Waals surface area contributed by atoms with Crippen molar-refractivity contribution in [3.8, 4) is 0 Å². The number of benzene rings is 1. The molecule has 86 valence electrons. The van der Waals surface area contributed by atoms with Gasteiger partial charge in [0, 0.05) is 19.6 Å². The number of piperidine rings is 1. The van der Waals surface area contributed by atoms with Crippen molar-refractivity contribution in [3.63, 3.8) is 0 Å². The topological polar surface area (TPSA) is 29.3 Å². The molecule has 0 unspecified atom stereocenters. The number of nitrogens with two attached hydrogens (primary N) is 1. The van der Waals surface area contributed by atoms with E-state index >= 15 is 0 Å². The van der Waals surface area contributed by atoms with Gasteiger partial charge in [-0.2, -0.15) is 0 Å². The summed E-state index contributed by atoms with van der Waals surface area (Å²) in [6, 6.07) is 8.69. The molecule has 0 radical (unpaired) electrons. The Bertz CT molecular complexity index is 397. The first-order valence-electron chi connectivity index (χ1n) is 6.20. The number of rotatable bonds is 3. The van der Waals surface area contributed by atoms with E-state index in [1.165, 1.54) is 30.6 Å². The fraction of sp³-hybridized carbons (Fsp3) is 0.571. The van der Waals surface area contributed by atoms with Gasteiger partial charge in [-0.15, -0.1) is 0 Å². The highest BCUT2D eigenvalue weighted by Crippen LogP contribution is 2.57. The molecule has 2 heteroatoms. The SMILES string of the molecule is Cc1ccccc1CN1C[C@@H]2C[C@]2(CN)C1. The van der Waals surface area contributed by atoms with Crippen LogP contribution in [-0.2, 0) is 6.54 Å². The van der Waals surface area contributed by atoms with E-state index in [-0.39, 0.29) is 0 Å². The Morgan fingerprint density at radius 1 is 1.44 bits per heavy atom. The van der Waals surface area contributed by atoms with Gasteiger partial charge in [0.25, 0.3) is 0 Å². The highest BCUT2D eigenvalue weighted by atomic mass is 15.2. The molecular formula is C14H20N2. The summed E-state index contributed by atoms with van der Waals surface area (Å²) in [6.07, 6.45) is 1.37. The molecule has 0 bridgehead atoms. The molecular weight excluding hydrogens is 196 g/mol. The number of hydrogen-bond acceptors (Lipinski definition) is 2. The Kier molecular flexibility index (Phi) is 2.30. The Labute approximate surface area is 97.4 Å². The fourth-order valence-electron chi connectivity index (χ4n) is 3.17. The molecule has 1 aromatic carbocycles. The molecule has 3 rings (SSSR count). The van der Waals surface area contributed by atoms with Crippen LogP contribution in [0.15, 0.2) is 24.3 Å². The lowest BCUT2D eigenvalue weighted by molar-refractivity contribution is 0.274. The van der Waals surface area contributed by atoms with Crippen molar-refractivity contribution in [2.45, 2.75) is 19.9 Å². The molecule has 1 aliphatic carbocycles. The number of aryl methyl sites for hydroxylation is 1. The smallest absolute Gasteiger partial charge is 0.0236 e. The maximum absolute atomic E-state index is 5.87. The minimum atomic E-state index is 0.503. The van der Waals surface area contributed by atoms with Gasteiger partial charge < -0.3 is 5.73 Å². The molecule has 0 spiro atoms. The van der Waals surface area contributed by atoms with E-state index in [0.29, 0.717) is 5.41 Å². The molecule has 2 fully saturated rings. The van der Waals surface area contributed by atoms with Gasteiger partial charge in [0.2, 0.25) is 0 Å². The third kappa shape index (κ3) is 1.57. The van der Waals surface area contributed by atoms with E-state index in [2.05, 4.69) is 36.1 Å². The predicted molar refractivity (Wildman–Crippen MR) is 66.1 cm³/mol. The number of fused-ring (bicyclic) bond motifs is 1. The van der Waals surface area contributed by atoms with E-state index in [1.807, 2.05) is 0 Å². The summed E-state index contributed by atoms with van der Waals surface area (Å²) in [6.45, 7) is 6.64. The van der Waals surface area contributed by atoms with Crippen molar-refractivity contribution in [1.82, 2.24) is 4.90 Å². The largest absolute Gasteiger partial charge is 0.330 e. The summed E-state index contributed by atoms with van der Waals surface area (Å²) in [7, 11) is 0. The van der Waals surface area contributed by atoms with Crippen molar-refractivity contribution in [1.29, 1.82) is 0 Å². The standard InChI is InChI=1S/C14H20N2/c1-11-4-2-3-5-12(11)7-16-8-13-6-14(13,9-15)10-16/h2-5,13H,6-10,15H2,1H3/t13-,14-/m0/s1. The Morgan fingerprint density at radius 3 is 2.94 bits per heavy atom. The van der Waals surface area contributed by atoms with Gasteiger partial charge in [-0.1, -0.05) is 24.3 Å². The van der Waals surface area contributed by atoms with Gasteiger partial charge in [0.05, 0.1) is 0 Å². The summed E-state index contributed by atoms with van der Waals surface area (Å²) in [5.41, 5.74) is 9.25. The summed E-state index contributed by atoms with van der Waals surface area (Å²) in [5, 5.41) is 0. The lowest BCUT2D eigenvalue weighted by atomic mass is 10.1. The third-order valence-corrected chi connectivity index (χ3v) is 4.44. The molecule has 1 saturated heterocycles. The number of likely N-dealkylation sites (tertiary alicyclic amines) is 1. The van der Waals surface area contributed by atoms with Gasteiger partial charge in [-0.3, -0.25) is 4.90 Å². The van der Waals surface area contributed by atoms with Crippen LogP contribution in [-0.4, -0.2) is 24.5 Å². The van der Waals surface area contributed by atoms with E-state index in [9.17, 15) is 0 Å². The van der Waals surface area contributed by atoms with Crippen LogP contribution in [0.3, 0.4) is 0 Å². The van der Waals surface area contributed by atoms with Crippen LogP contribution in [0.2, 0.25) is 0 Å². The van der Waals surface area contributed by atoms with Crippen LogP contribution < -0.4 is 5.73 Å². The average molecular weight is 216 g/mol. The molecule has 1 heterocycles. The second kappa shape index (κ2) is 3.57. The summed E-state index contributed by atoms with van der Waals surface area (Å²) >= 11 is 0. The highest BCUT2D eigenvalue weighted by Gasteiger charge is 2.58. The average Bonchev–Trinajstić information content (AvgIpc) is 2.86. The van der Waals surface area contributed by atoms with Crippen LogP contribution in [0.4, 0.5) is 0 Å². The molecule has 0 aromatic heterocycles. The third-order valence-electron chi connectivity index (χ3n) is 4.44. The minimum Gasteiger partial charge on any atom is -0.330 e. The van der Waals surface area contributed by atoms with Crippen molar-refractivity contribution >= 4 is 0 Å². The van der Waals surface area contributed by atoms with Crippen LogP contribution in [0.25, 0.3) is 0 Å². The molecule has 0 amide bonds. The first kappa shape index (κ1) is 10.3. The quantitative estimate of drug-likeness (QED) is 0.834. The monoisotopic (exact) mass is 216 g/mol. The summed E-state index contributed by atoms with van der Waals surface area (Å²) < 4.78 is 0. The van der Waals surface area contributed by atoms with E-state index in [1.54, 1.807) is 0 Å². The summed E-state index contributed by atoms with van der Waals surface area (Å²) in [5.74, 6) is 0.890. The van der Waals surface area contributed by atoms with Gasteiger partial charge in [-0.25, -0.2) is 0 Å². The molecule has 2 aliphatic rings. The Hall–Kier alpha value is -0.860. The van der Waals surface area contributed by atoms with Gasteiger partial charge in [0.1, 0.15) is 0 Å². The predicted octanol–water partition coefficient (Wildman–Crippen LogP) is 1.78. The number of nitrogens with zero attached hydrogens (tertiary/aromatic N) is 1.